The van der Waals surface area contributed by atoms with Gasteiger partial charge in [-0.1, -0.05) is 65.7 Å². The van der Waals surface area contributed by atoms with Gasteiger partial charge in [0.15, 0.2) is 0 Å². The fourth-order valence-corrected chi connectivity index (χ4v) is 2.83. The number of rotatable bonds is 6. The molecule has 0 amide bonds. The number of para-hydroxylation sites is 1. The Morgan fingerprint density at radius 3 is 2.32 bits per heavy atom. The highest BCUT2D eigenvalue weighted by atomic mass is 35.5. The minimum absolute atomic E-state index is 0.438. The van der Waals surface area contributed by atoms with Crippen molar-refractivity contribution in [1.82, 2.24) is 0 Å². The van der Waals surface area contributed by atoms with Crippen LogP contribution in [0.15, 0.2) is 66.7 Å². The van der Waals surface area contributed by atoms with Crippen LogP contribution in [0.1, 0.15) is 16.7 Å². The number of halogens is 2. The Morgan fingerprint density at radius 1 is 0.840 bits per heavy atom. The third-order valence-corrected chi connectivity index (χ3v) is 4.74. The molecule has 0 fully saturated rings. The summed E-state index contributed by atoms with van der Waals surface area (Å²) in [6.07, 6.45) is 0. The lowest BCUT2D eigenvalue weighted by Crippen LogP contribution is -2.04. The van der Waals surface area contributed by atoms with Gasteiger partial charge in [0.2, 0.25) is 0 Å². The van der Waals surface area contributed by atoms with Crippen LogP contribution in [-0.2, 0) is 13.2 Å². The van der Waals surface area contributed by atoms with Crippen LogP contribution < -0.4 is 10.1 Å². The molecular formula is C21H19Cl2NO. The highest BCUT2D eigenvalue weighted by molar-refractivity contribution is 6.31. The van der Waals surface area contributed by atoms with E-state index < -0.39 is 0 Å². The Morgan fingerprint density at radius 2 is 1.56 bits per heavy atom. The summed E-state index contributed by atoms with van der Waals surface area (Å²) in [7, 11) is 0. The van der Waals surface area contributed by atoms with Crippen molar-refractivity contribution in [3.05, 3.63) is 93.5 Å². The maximum absolute atomic E-state index is 6.19. The van der Waals surface area contributed by atoms with Gasteiger partial charge in [-0.15, -0.1) is 0 Å². The topological polar surface area (TPSA) is 21.3 Å². The summed E-state index contributed by atoms with van der Waals surface area (Å²) < 4.78 is 5.98. The number of benzene rings is 3. The van der Waals surface area contributed by atoms with E-state index >= 15 is 0 Å². The molecule has 0 saturated heterocycles. The van der Waals surface area contributed by atoms with Crippen molar-refractivity contribution in [2.24, 2.45) is 0 Å². The molecule has 0 spiro atoms. The van der Waals surface area contributed by atoms with Crippen LogP contribution in [0.25, 0.3) is 0 Å². The summed E-state index contributed by atoms with van der Waals surface area (Å²) in [5.41, 5.74) is 4.09. The molecule has 0 aliphatic carbocycles. The van der Waals surface area contributed by atoms with E-state index in [9.17, 15) is 0 Å². The first-order chi connectivity index (χ1) is 12.1. The SMILES string of the molecule is Cc1ccc(NCc2ccccc2OCc2ccccc2Cl)cc1Cl. The van der Waals surface area contributed by atoms with Gasteiger partial charge in [0.05, 0.1) is 0 Å². The molecule has 4 heteroatoms. The molecule has 0 saturated carbocycles. The van der Waals surface area contributed by atoms with Crippen molar-refractivity contribution >= 4 is 28.9 Å². The zero-order valence-electron chi connectivity index (χ0n) is 13.9. The predicted octanol–water partition coefficient (Wildman–Crippen LogP) is 6.49. The maximum atomic E-state index is 6.19. The van der Waals surface area contributed by atoms with Crippen molar-refractivity contribution in [3.63, 3.8) is 0 Å². The Kier molecular flexibility index (Phi) is 5.85. The van der Waals surface area contributed by atoms with Crippen molar-refractivity contribution in [1.29, 1.82) is 0 Å². The smallest absolute Gasteiger partial charge is 0.124 e. The molecule has 0 heterocycles. The molecule has 3 aromatic carbocycles. The van der Waals surface area contributed by atoms with Crippen molar-refractivity contribution in [3.8, 4) is 5.75 Å². The van der Waals surface area contributed by atoms with Crippen LogP contribution in [0.3, 0.4) is 0 Å². The summed E-state index contributed by atoms with van der Waals surface area (Å²) in [5.74, 6) is 0.841. The summed E-state index contributed by atoms with van der Waals surface area (Å²) >= 11 is 12.4. The fourth-order valence-electron chi connectivity index (χ4n) is 2.46. The van der Waals surface area contributed by atoms with E-state index in [-0.39, 0.29) is 0 Å². The monoisotopic (exact) mass is 371 g/mol. The van der Waals surface area contributed by atoms with Gasteiger partial charge in [-0.3, -0.25) is 0 Å². The number of hydrogen-bond acceptors (Lipinski definition) is 2. The molecule has 0 bridgehead atoms. The molecule has 0 atom stereocenters. The Labute approximate surface area is 158 Å². The van der Waals surface area contributed by atoms with Gasteiger partial charge < -0.3 is 10.1 Å². The summed E-state index contributed by atoms with van der Waals surface area (Å²) in [4.78, 5) is 0. The molecular weight excluding hydrogens is 353 g/mol. The number of nitrogens with one attached hydrogen (secondary N) is 1. The number of ether oxygens (including phenoxy) is 1. The van der Waals surface area contributed by atoms with Gasteiger partial charge in [0.1, 0.15) is 12.4 Å². The van der Waals surface area contributed by atoms with Crippen LogP contribution in [0.4, 0.5) is 5.69 Å². The van der Waals surface area contributed by atoms with Gasteiger partial charge in [-0.05, 0) is 36.8 Å². The minimum Gasteiger partial charge on any atom is -0.488 e. The molecule has 3 aromatic rings. The molecule has 0 unspecified atom stereocenters. The lowest BCUT2D eigenvalue weighted by molar-refractivity contribution is 0.303. The lowest BCUT2D eigenvalue weighted by Gasteiger charge is -2.14. The quantitative estimate of drug-likeness (QED) is 0.534. The van der Waals surface area contributed by atoms with Crippen LogP contribution in [0.2, 0.25) is 10.0 Å². The van der Waals surface area contributed by atoms with E-state index in [0.717, 1.165) is 33.1 Å². The molecule has 0 aromatic heterocycles. The van der Waals surface area contributed by atoms with Crippen molar-refractivity contribution in [2.45, 2.75) is 20.1 Å². The zero-order valence-corrected chi connectivity index (χ0v) is 15.4. The summed E-state index contributed by atoms with van der Waals surface area (Å²) in [6, 6.07) is 21.7. The van der Waals surface area contributed by atoms with Crippen molar-refractivity contribution in [2.75, 3.05) is 5.32 Å². The molecule has 3 rings (SSSR count). The highest BCUT2D eigenvalue weighted by Crippen LogP contribution is 2.24. The second-order valence-corrected chi connectivity index (χ2v) is 6.62. The Bertz CT molecular complexity index is 864. The molecule has 1 N–H and O–H groups in total. The first kappa shape index (κ1) is 17.7. The maximum Gasteiger partial charge on any atom is 0.124 e. The molecule has 0 aliphatic rings. The normalized spacial score (nSPS) is 10.5. The summed E-state index contributed by atoms with van der Waals surface area (Å²) in [5, 5.41) is 4.86. The third-order valence-electron chi connectivity index (χ3n) is 3.97. The number of anilines is 1. The van der Waals surface area contributed by atoms with E-state index in [1.54, 1.807) is 0 Å². The predicted molar refractivity (Wildman–Crippen MR) is 106 cm³/mol. The molecule has 0 radical (unpaired) electrons. The van der Waals surface area contributed by atoms with E-state index in [1.807, 2.05) is 73.7 Å². The minimum atomic E-state index is 0.438. The standard InChI is InChI=1S/C21H19Cl2NO/c1-15-10-11-18(12-20(15)23)24-13-16-6-3-5-9-21(16)25-14-17-7-2-4-8-19(17)22/h2-12,24H,13-14H2,1H3. The lowest BCUT2D eigenvalue weighted by atomic mass is 10.1. The average molecular weight is 372 g/mol. The van der Waals surface area contributed by atoms with Gasteiger partial charge >= 0.3 is 0 Å². The number of hydrogen-bond donors (Lipinski definition) is 1. The zero-order chi connectivity index (χ0) is 17.6. The van der Waals surface area contributed by atoms with E-state index in [4.69, 9.17) is 27.9 Å². The Balaban J connectivity index is 1.68. The largest absolute Gasteiger partial charge is 0.488 e. The van der Waals surface area contributed by atoms with E-state index in [1.165, 1.54) is 0 Å². The van der Waals surface area contributed by atoms with Crippen molar-refractivity contribution < 1.29 is 4.74 Å². The second-order valence-electron chi connectivity index (χ2n) is 5.81. The second kappa shape index (κ2) is 8.28. The van der Waals surface area contributed by atoms with Gasteiger partial charge in [-0.2, -0.15) is 0 Å². The van der Waals surface area contributed by atoms with Gasteiger partial charge in [-0.25, -0.2) is 0 Å². The van der Waals surface area contributed by atoms with Crippen LogP contribution in [0.5, 0.6) is 5.75 Å². The molecule has 0 aliphatic heterocycles. The molecule has 128 valence electrons. The van der Waals surface area contributed by atoms with Crippen LogP contribution in [0, 0.1) is 6.92 Å². The Hall–Kier alpha value is -2.16. The van der Waals surface area contributed by atoms with Crippen LogP contribution >= 0.6 is 23.2 Å². The summed E-state index contributed by atoms with van der Waals surface area (Å²) in [6.45, 7) is 3.08. The van der Waals surface area contributed by atoms with Crippen LogP contribution in [-0.4, -0.2) is 0 Å². The first-order valence-electron chi connectivity index (χ1n) is 8.07. The fraction of sp³-hybridized carbons (Fsp3) is 0.143. The number of aryl methyl sites for hydroxylation is 1. The average Bonchev–Trinajstić information content (AvgIpc) is 2.63. The highest BCUT2D eigenvalue weighted by Gasteiger charge is 2.06. The third kappa shape index (κ3) is 4.68. The first-order valence-corrected chi connectivity index (χ1v) is 8.83. The van der Waals surface area contributed by atoms with Gasteiger partial charge in [0, 0.05) is 33.4 Å². The molecule has 2 nitrogen and oxygen atoms in total. The molecule has 25 heavy (non-hydrogen) atoms. The van der Waals surface area contributed by atoms with E-state index in [2.05, 4.69) is 5.32 Å². The van der Waals surface area contributed by atoms with Gasteiger partial charge in [0.25, 0.3) is 0 Å². The van der Waals surface area contributed by atoms with E-state index in [0.29, 0.717) is 18.2 Å².